The Kier molecular flexibility index (Phi) is 4.27. The second kappa shape index (κ2) is 5.46. The Morgan fingerprint density at radius 1 is 1.16 bits per heavy atom. The summed E-state index contributed by atoms with van der Waals surface area (Å²) in [5.74, 6) is -0.565. The molecule has 0 bridgehead atoms. The molecule has 1 aromatic heterocycles. The van der Waals surface area contributed by atoms with Crippen molar-refractivity contribution in [3.05, 3.63) is 43.8 Å². The maximum absolute atomic E-state index is 12.9. The minimum Gasteiger partial charge on any atom is -0.278 e. The highest BCUT2D eigenvalue weighted by Crippen LogP contribution is 2.35. The first-order valence-electron chi connectivity index (χ1n) is 4.72. The summed E-state index contributed by atoms with van der Waals surface area (Å²) in [4.78, 5) is -0.149. The van der Waals surface area contributed by atoms with Gasteiger partial charge in [0.05, 0.1) is 15.0 Å². The third kappa shape index (κ3) is 3.32. The van der Waals surface area contributed by atoms with Crippen LogP contribution in [0.15, 0.2) is 29.2 Å². The number of halogens is 4. The quantitative estimate of drug-likeness (QED) is 0.866. The molecule has 0 fully saturated rings. The van der Waals surface area contributed by atoms with E-state index in [0.717, 1.165) is 23.5 Å². The molecule has 102 valence electrons. The van der Waals surface area contributed by atoms with Gasteiger partial charge in [0.15, 0.2) is 0 Å². The van der Waals surface area contributed by atoms with Gasteiger partial charge in [-0.25, -0.2) is 12.8 Å². The zero-order valence-corrected chi connectivity index (χ0v) is 12.9. The summed E-state index contributed by atoms with van der Waals surface area (Å²) in [5.41, 5.74) is 0.0569. The normalized spacial score (nSPS) is 11.6. The summed E-state index contributed by atoms with van der Waals surface area (Å²) < 4.78 is 39.5. The molecule has 19 heavy (non-hydrogen) atoms. The highest BCUT2D eigenvalue weighted by molar-refractivity contribution is 7.93. The maximum atomic E-state index is 12.9. The number of nitrogens with one attached hydrogen (secondary N) is 1. The van der Waals surface area contributed by atoms with E-state index in [4.69, 9.17) is 34.8 Å². The standard InChI is InChI=1S/C10H5Cl3FNO2S2/c11-6-3-5(14)1-2-7(6)15-19(16,17)8-4-9(12)18-10(8)13/h1-4,15H. The lowest BCUT2D eigenvalue weighted by atomic mass is 10.3. The largest absolute Gasteiger partial charge is 0.278 e. The van der Waals surface area contributed by atoms with E-state index in [0.29, 0.717) is 0 Å². The van der Waals surface area contributed by atoms with Crippen LogP contribution in [0.5, 0.6) is 0 Å². The van der Waals surface area contributed by atoms with Crippen LogP contribution in [0.4, 0.5) is 10.1 Å². The van der Waals surface area contributed by atoms with Crippen LogP contribution in [0.2, 0.25) is 13.7 Å². The second-order valence-corrected chi connectivity index (χ2v) is 7.76. The van der Waals surface area contributed by atoms with Crippen LogP contribution >= 0.6 is 46.1 Å². The van der Waals surface area contributed by atoms with E-state index < -0.39 is 15.8 Å². The Labute approximate surface area is 128 Å². The molecule has 0 atom stereocenters. The van der Waals surface area contributed by atoms with Gasteiger partial charge < -0.3 is 0 Å². The molecule has 1 aromatic carbocycles. The van der Waals surface area contributed by atoms with E-state index in [1.54, 1.807) is 0 Å². The van der Waals surface area contributed by atoms with Gasteiger partial charge in [-0.15, -0.1) is 11.3 Å². The SMILES string of the molecule is O=S(=O)(Nc1ccc(F)cc1Cl)c1cc(Cl)sc1Cl. The average Bonchev–Trinajstić information content (AvgIpc) is 2.63. The summed E-state index contributed by atoms with van der Waals surface area (Å²) in [7, 11) is -3.92. The lowest BCUT2D eigenvalue weighted by Crippen LogP contribution is -2.12. The van der Waals surface area contributed by atoms with Crippen molar-refractivity contribution in [3.8, 4) is 0 Å². The van der Waals surface area contributed by atoms with Crippen molar-refractivity contribution in [3.63, 3.8) is 0 Å². The Hall–Kier alpha value is -0.530. The molecule has 0 radical (unpaired) electrons. The Morgan fingerprint density at radius 2 is 1.84 bits per heavy atom. The molecule has 0 amide bonds. The molecule has 0 unspecified atom stereocenters. The number of benzene rings is 1. The smallest absolute Gasteiger partial charge is 0.264 e. The first kappa shape index (κ1) is 14.9. The number of hydrogen-bond donors (Lipinski definition) is 1. The van der Waals surface area contributed by atoms with Gasteiger partial charge in [0.1, 0.15) is 15.0 Å². The van der Waals surface area contributed by atoms with Gasteiger partial charge in [-0.1, -0.05) is 34.8 Å². The lowest BCUT2D eigenvalue weighted by Gasteiger charge is -2.08. The first-order valence-corrected chi connectivity index (χ1v) is 8.15. The number of hydrogen-bond acceptors (Lipinski definition) is 3. The van der Waals surface area contributed by atoms with E-state index in [1.165, 1.54) is 12.1 Å². The van der Waals surface area contributed by atoms with Gasteiger partial charge in [0.25, 0.3) is 10.0 Å². The van der Waals surface area contributed by atoms with Crippen LogP contribution in [0, 0.1) is 5.82 Å². The fourth-order valence-electron chi connectivity index (χ4n) is 1.28. The fourth-order valence-corrected chi connectivity index (χ4v) is 4.78. The highest BCUT2D eigenvalue weighted by atomic mass is 35.5. The first-order chi connectivity index (χ1) is 8.79. The Balaban J connectivity index is 2.39. The van der Waals surface area contributed by atoms with Crippen molar-refractivity contribution in [1.29, 1.82) is 0 Å². The van der Waals surface area contributed by atoms with Gasteiger partial charge in [0.2, 0.25) is 0 Å². The molecule has 0 saturated carbocycles. The fraction of sp³-hybridized carbons (Fsp3) is 0. The summed E-state index contributed by atoms with van der Waals surface area (Å²) >= 11 is 18.2. The van der Waals surface area contributed by atoms with E-state index >= 15 is 0 Å². The molecule has 1 N–H and O–H groups in total. The average molecular weight is 361 g/mol. The summed E-state index contributed by atoms with van der Waals surface area (Å²) in [6.45, 7) is 0. The molecule has 2 aromatic rings. The summed E-state index contributed by atoms with van der Waals surface area (Å²) in [6, 6.07) is 4.54. The second-order valence-electron chi connectivity index (χ2n) is 3.42. The molecular weight excluding hydrogens is 356 g/mol. The van der Waals surface area contributed by atoms with E-state index in [1.807, 2.05) is 0 Å². The molecular formula is C10H5Cl3FNO2S2. The Bertz CT molecular complexity index is 730. The summed E-state index contributed by atoms with van der Waals surface area (Å²) in [6.07, 6.45) is 0. The maximum Gasteiger partial charge on any atom is 0.264 e. The molecule has 9 heteroatoms. The third-order valence-electron chi connectivity index (χ3n) is 2.09. The topological polar surface area (TPSA) is 46.2 Å². The van der Waals surface area contributed by atoms with Crippen molar-refractivity contribution in [2.24, 2.45) is 0 Å². The predicted molar refractivity (Wildman–Crippen MR) is 76.6 cm³/mol. The van der Waals surface area contributed by atoms with Crippen molar-refractivity contribution in [2.75, 3.05) is 4.72 Å². The van der Waals surface area contributed by atoms with Gasteiger partial charge in [-0.05, 0) is 24.3 Å². The molecule has 0 aliphatic rings. The van der Waals surface area contributed by atoms with E-state index in [9.17, 15) is 12.8 Å². The van der Waals surface area contributed by atoms with Crippen molar-refractivity contribution in [1.82, 2.24) is 0 Å². The molecule has 0 aliphatic heterocycles. The highest BCUT2D eigenvalue weighted by Gasteiger charge is 2.22. The zero-order chi connectivity index (χ0) is 14.2. The van der Waals surface area contributed by atoms with Crippen LogP contribution in [0.1, 0.15) is 0 Å². The van der Waals surface area contributed by atoms with Crippen LogP contribution < -0.4 is 4.72 Å². The number of thiophene rings is 1. The van der Waals surface area contributed by atoms with Crippen molar-refractivity contribution >= 4 is 61.9 Å². The molecule has 0 spiro atoms. The molecule has 0 aliphatic carbocycles. The number of sulfonamides is 1. The predicted octanol–water partition coefficient (Wildman–Crippen LogP) is 4.65. The monoisotopic (exact) mass is 359 g/mol. The van der Waals surface area contributed by atoms with Crippen molar-refractivity contribution < 1.29 is 12.8 Å². The minimum absolute atomic E-state index is 0.0377. The van der Waals surface area contributed by atoms with Gasteiger partial charge in [0, 0.05) is 0 Å². The van der Waals surface area contributed by atoms with Crippen molar-refractivity contribution in [2.45, 2.75) is 4.90 Å². The number of anilines is 1. The molecule has 3 nitrogen and oxygen atoms in total. The van der Waals surface area contributed by atoms with Crippen LogP contribution in [-0.2, 0) is 10.0 Å². The Morgan fingerprint density at radius 3 is 2.37 bits per heavy atom. The van der Waals surface area contributed by atoms with Gasteiger partial charge in [-0.3, -0.25) is 4.72 Å². The minimum atomic E-state index is -3.92. The summed E-state index contributed by atoms with van der Waals surface area (Å²) in [5, 5.41) is -0.0546. The molecule has 0 saturated heterocycles. The van der Waals surface area contributed by atoms with Crippen LogP contribution in [0.3, 0.4) is 0 Å². The number of rotatable bonds is 3. The van der Waals surface area contributed by atoms with Gasteiger partial charge >= 0.3 is 0 Å². The third-order valence-corrected chi connectivity index (χ3v) is 5.52. The lowest BCUT2D eigenvalue weighted by molar-refractivity contribution is 0.601. The van der Waals surface area contributed by atoms with Crippen LogP contribution in [0.25, 0.3) is 0 Å². The zero-order valence-electron chi connectivity index (χ0n) is 8.95. The molecule has 2 rings (SSSR count). The van der Waals surface area contributed by atoms with E-state index in [-0.39, 0.29) is 24.3 Å². The molecule has 1 heterocycles. The van der Waals surface area contributed by atoms with Crippen LogP contribution in [-0.4, -0.2) is 8.42 Å². The van der Waals surface area contributed by atoms with Gasteiger partial charge in [-0.2, -0.15) is 0 Å². The van der Waals surface area contributed by atoms with E-state index in [2.05, 4.69) is 4.72 Å².